The van der Waals surface area contributed by atoms with E-state index in [1.165, 1.54) is 6.20 Å². The number of ether oxygens (including phenoxy) is 1. The first-order chi connectivity index (χ1) is 16.5. The molecule has 174 valence electrons. The highest BCUT2D eigenvalue weighted by atomic mass is 16.5. The van der Waals surface area contributed by atoms with Gasteiger partial charge in [0.15, 0.2) is 5.82 Å². The van der Waals surface area contributed by atoms with E-state index in [2.05, 4.69) is 16.8 Å². The maximum absolute atomic E-state index is 12.8. The van der Waals surface area contributed by atoms with Crippen LogP contribution in [-0.2, 0) is 0 Å². The molecule has 34 heavy (non-hydrogen) atoms. The number of hydrogen-bond acceptors (Lipinski definition) is 8. The normalized spacial score (nSPS) is 16.4. The standard InChI is InChI=1S/C24H25N7O3/c1-2-30(33)29-14-6-7-17(15-29)31-22-20(23(25)26-27-24(22)32)21(28-31)16-10-12-19(13-11-16)34-18-8-4-3-5-9-18/h2-5,8-13,17,33H,1,6-7,14-15H2,(H2,25,26)(H,27,32)/t17-/m1/s1. The number of H-pyrrole nitrogens is 1. The first-order valence-corrected chi connectivity index (χ1v) is 11.0. The van der Waals surface area contributed by atoms with Crippen LogP contribution < -0.4 is 16.0 Å². The Balaban J connectivity index is 1.54. The molecule has 1 saturated heterocycles. The fraction of sp³-hybridized carbons (Fsp3) is 0.208. The summed E-state index contributed by atoms with van der Waals surface area (Å²) in [7, 11) is 0. The van der Waals surface area contributed by atoms with Gasteiger partial charge in [-0.1, -0.05) is 24.8 Å². The van der Waals surface area contributed by atoms with E-state index in [9.17, 15) is 10.0 Å². The molecule has 1 fully saturated rings. The van der Waals surface area contributed by atoms with E-state index in [0.29, 0.717) is 35.4 Å². The zero-order valence-corrected chi connectivity index (χ0v) is 18.5. The number of nitrogens with two attached hydrogens (primary N) is 1. The molecule has 10 nitrogen and oxygen atoms in total. The Morgan fingerprint density at radius 3 is 2.65 bits per heavy atom. The number of para-hydroxylation sites is 1. The number of anilines is 1. The Kier molecular flexibility index (Phi) is 5.74. The number of nitrogens with one attached hydrogen (secondary N) is 1. The van der Waals surface area contributed by atoms with Crippen molar-refractivity contribution in [3.63, 3.8) is 0 Å². The van der Waals surface area contributed by atoms with Crippen molar-refractivity contribution in [1.82, 2.24) is 30.2 Å². The van der Waals surface area contributed by atoms with Gasteiger partial charge in [-0.25, -0.2) is 5.10 Å². The lowest BCUT2D eigenvalue weighted by Gasteiger charge is -2.36. The molecular formula is C24H25N7O3. The van der Waals surface area contributed by atoms with Crippen LogP contribution in [0.2, 0.25) is 0 Å². The fourth-order valence-corrected chi connectivity index (χ4v) is 4.32. The lowest BCUT2D eigenvalue weighted by Crippen LogP contribution is -2.44. The summed E-state index contributed by atoms with van der Waals surface area (Å²) >= 11 is 0. The summed E-state index contributed by atoms with van der Waals surface area (Å²) in [5.74, 6) is 1.62. The van der Waals surface area contributed by atoms with Gasteiger partial charge >= 0.3 is 0 Å². The molecule has 10 heteroatoms. The van der Waals surface area contributed by atoms with Crippen LogP contribution in [0.3, 0.4) is 0 Å². The quantitative estimate of drug-likeness (QED) is 0.374. The lowest BCUT2D eigenvalue weighted by atomic mass is 10.1. The van der Waals surface area contributed by atoms with Crippen molar-refractivity contribution in [1.29, 1.82) is 0 Å². The van der Waals surface area contributed by atoms with Crippen molar-refractivity contribution in [3.8, 4) is 22.8 Å². The van der Waals surface area contributed by atoms with E-state index in [-0.39, 0.29) is 17.4 Å². The average molecular weight is 460 g/mol. The van der Waals surface area contributed by atoms with Crippen molar-refractivity contribution >= 4 is 16.7 Å². The van der Waals surface area contributed by atoms with Crippen molar-refractivity contribution in [2.75, 3.05) is 18.8 Å². The topological polar surface area (TPSA) is 126 Å². The number of nitrogen functional groups attached to an aromatic ring is 1. The number of piperidine rings is 1. The number of rotatable bonds is 6. The fourth-order valence-electron chi connectivity index (χ4n) is 4.32. The zero-order chi connectivity index (χ0) is 23.7. The summed E-state index contributed by atoms with van der Waals surface area (Å²) in [5.41, 5.74) is 7.55. The number of hydrogen-bond donors (Lipinski definition) is 3. The summed E-state index contributed by atoms with van der Waals surface area (Å²) in [4.78, 5) is 12.8. The zero-order valence-electron chi connectivity index (χ0n) is 18.5. The first-order valence-electron chi connectivity index (χ1n) is 11.0. The third-order valence-electron chi connectivity index (χ3n) is 5.94. The van der Waals surface area contributed by atoms with Crippen LogP contribution in [0, 0.1) is 0 Å². The van der Waals surface area contributed by atoms with Gasteiger partial charge in [0.25, 0.3) is 5.56 Å². The number of fused-ring (bicyclic) bond motifs is 1. The largest absolute Gasteiger partial charge is 0.457 e. The molecule has 4 N–H and O–H groups in total. The maximum Gasteiger partial charge on any atom is 0.290 e. The predicted molar refractivity (Wildman–Crippen MR) is 128 cm³/mol. The third kappa shape index (κ3) is 4.00. The summed E-state index contributed by atoms with van der Waals surface area (Å²) < 4.78 is 7.59. The molecule has 5 rings (SSSR count). The molecule has 0 aliphatic carbocycles. The minimum atomic E-state index is -0.367. The van der Waals surface area contributed by atoms with Gasteiger partial charge in [0.1, 0.15) is 22.7 Å². The second kappa shape index (κ2) is 9.00. The second-order valence-electron chi connectivity index (χ2n) is 8.11. The van der Waals surface area contributed by atoms with E-state index in [0.717, 1.165) is 29.3 Å². The lowest BCUT2D eigenvalue weighted by molar-refractivity contribution is -0.216. The minimum Gasteiger partial charge on any atom is -0.457 e. The van der Waals surface area contributed by atoms with Gasteiger partial charge in [-0.3, -0.25) is 14.7 Å². The Hall–Kier alpha value is -4.15. The number of aromatic nitrogens is 4. The molecule has 0 unspecified atom stereocenters. The summed E-state index contributed by atoms with van der Waals surface area (Å²) in [6.45, 7) is 4.75. The maximum atomic E-state index is 12.8. The van der Waals surface area contributed by atoms with E-state index >= 15 is 0 Å². The van der Waals surface area contributed by atoms with E-state index in [1.54, 1.807) is 9.69 Å². The average Bonchev–Trinajstić information content (AvgIpc) is 3.29. The molecule has 1 aliphatic heterocycles. The smallest absolute Gasteiger partial charge is 0.290 e. The Morgan fingerprint density at radius 1 is 1.18 bits per heavy atom. The van der Waals surface area contributed by atoms with E-state index in [1.807, 2.05) is 54.6 Å². The predicted octanol–water partition coefficient (Wildman–Crippen LogP) is 3.55. The minimum absolute atomic E-state index is 0.150. The van der Waals surface area contributed by atoms with Crippen molar-refractivity contribution < 1.29 is 9.94 Å². The second-order valence-corrected chi connectivity index (χ2v) is 8.11. The highest BCUT2D eigenvalue weighted by Crippen LogP contribution is 2.34. The highest BCUT2D eigenvalue weighted by Gasteiger charge is 2.28. The van der Waals surface area contributed by atoms with E-state index < -0.39 is 0 Å². The van der Waals surface area contributed by atoms with Gasteiger partial charge in [-0.15, -0.1) is 0 Å². The molecule has 0 radical (unpaired) electrons. The van der Waals surface area contributed by atoms with Crippen molar-refractivity contribution in [3.05, 3.63) is 77.7 Å². The molecule has 0 amide bonds. The number of nitrogens with zero attached hydrogens (tertiary/aromatic N) is 5. The molecule has 4 aromatic rings. The van der Waals surface area contributed by atoms with Gasteiger partial charge in [0.05, 0.1) is 11.4 Å². The number of benzene rings is 2. The van der Waals surface area contributed by atoms with Crippen LogP contribution in [0.25, 0.3) is 22.2 Å². The number of hydroxylamine groups is 1. The molecule has 2 aromatic carbocycles. The van der Waals surface area contributed by atoms with Crippen LogP contribution in [0.1, 0.15) is 18.9 Å². The van der Waals surface area contributed by atoms with Crippen LogP contribution in [0.4, 0.5) is 5.82 Å². The van der Waals surface area contributed by atoms with Crippen LogP contribution in [0.15, 0.2) is 72.2 Å². The van der Waals surface area contributed by atoms with E-state index in [4.69, 9.17) is 15.6 Å². The summed E-state index contributed by atoms with van der Waals surface area (Å²) in [5, 5.41) is 24.6. The third-order valence-corrected chi connectivity index (χ3v) is 5.94. The summed E-state index contributed by atoms with van der Waals surface area (Å²) in [6.07, 6.45) is 2.95. The van der Waals surface area contributed by atoms with Gasteiger partial charge in [0, 0.05) is 24.9 Å². The molecule has 3 heterocycles. The molecule has 0 bridgehead atoms. The number of aromatic amines is 1. The number of hydrazine groups is 1. The van der Waals surface area contributed by atoms with Gasteiger partial charge in [0.2, 0.25) is 0 Å². The SMILES string of the molecule is C=CN(O)N1CCC[C@@H](n2nc(-c3ccc(Oc4ccccc4)cc3)c3c(N)n[nH]c(=O)c32)C1. The van der Waals surface area contributed by atoms with Gasteiger partial charge in [-0.2, -0.15) is 20.4 Å². The Bertz CT molecular complexity index is 1370. The molecular weight excluding hydrogens is 434 g/mol. The molecule has 2 aromatic heterocycles. The van der Waals surface area contributed by atoms with Crippen molar-refractivity contribution in [2.24, 2.45) is 0 Å². The van der Waals surface area contributed by atoms with Crippen LogP contribution in [-0.4, -0.2) is 48.5 Å². The Labute approximate surface area is 195 Å². The molecule has 1 atom stereocenters. The summed E-state index contributed by atoms with van der Waals surface area (Å²) in [6, 6.07) is 16.8. The van der Waals surface area contributed by atoms with Crippen molar-refractivity contribution in [2.45, 2.75) is 18.9 Å². The molecule has 0 saturated carbocycles. The molecule has 1 aliphatic rings. The highest BCUT2D eigenvalue weighted by molar-refractivity contribution is 5.99. The van der Waals surface area contributed by atoms with Crippen LogP contribution >= 0.6 is 0 Å². The molecule has 0 spiro atoms. The van der Waals surface area contributed by atoms with Crippen LogP contribution in [0.5, 0.6) is 11.5 Å². The first kappa shape index (κ1) is 21.7. The van der Waals surface area contributed by atoms with Gasteiger partial charge < -0.3 is 10.5 Å². The monoisotopic (exact) mass is 459 g/mol. The van der Waals surface area contributed by atoms with Gasteiger partial charge in [-0.05, 0) is 49.2 Å². The Morgan fingerprint density at radius 2 is 1.91 bits per heavy atom.